The molecule has 0 amide bonds. The molecule has 326 valence electrons. The second-order valence-electron chi connectivity index (χ2n) is 20.0. The summed E-state index contributed by atoms with van der Waals surface area (Å²) >= 11 is 0. The van der Waals surface area contributed by atoms with Crippen molar-refractivity contribution in [3.8, 4) is 22.3 Å². The first-order valence-corrected chi connectivity index (χ1v) is 23.1. The molecule has 0 radical (unpaired) electrons. The van der Waals surface area contributed by atoms with Gasteiger partial charge in [0.25, 0.3) is 0 Å². The summed E-state index contributed by atoms with van der Waals surface area (Å²) in [7, 11) is 0. The highest BCUT2D eigenvalue weighted by Crippen LogP contribution is 2.47. The lowest BCUT2D eigenvalue weighted by molar-refractivity contribution is 0.555. The van der Waals surface area contributed by atoms with Gasteiger partial charge in [0.1, 0.15) is 11.2 Å². The van der Waals surface area contributed by atoms with Gasteiger partial charge < -0.3 is 8.83 Å². The quantitative estimate of drug-likeness (QED) is 0.0986. The molecule has 67 heavy (non-hydrogen) atoms. The molecule has 0 aliphatic rings. The highest BCUT2D eigenvalue weighted by atomic mass is 16.4. The third-order valence-electron chi connectivity index (χ3n) is 13.6. The van der Waals surface area contributed by atoms with Crippen LogP contribution in [0.3, 0.4) is 0 Å². The highest BCUT2D eigenvalue weighted by Gasteiger charge is 2.23. The van der Waals surface area contributed by atoms with E-state index < -0.39 is 0 Å². The topological polar surface area (TPSA) is 60.4 Å². The van der Waals surface area contributed by atoms with E-state index in [2.05, 4.69) is 193 Å². The molecule has 2 aromatic heterocycles. The SMILES string of the molecule is CC(C)(C)c1ccc2c(ccc3oc(=O)c(-c4c5ccccc5c(-c5c6ccccc6cc6ccccc56)c5ccccc45)cc32)c1.Cc1cc2c(ccc3cc(C(C)(C)C)ccc32)oc1=O. The molecular weight excluding hydrogens is 821 g/mol. The Labute approximate surface area is 388 Å². The van der Waals surface area contributed by atoms with Crippen molar-refractivity contribution >= 4 is 86.6 Å². The van der Waals surface area contributed by atoms with Crippen molar-refractivity contribution in [3.63, 3.8) is 0 Å². The van der Waals surface area contributed by atoms with E-state index in [1.165, 1.54) is 49.2 Å². The van der Waals surface area contributed by atoms with Gasteiger partial charge >= 0.3 is 11.3 Å². The fourth-order valence-corrected chi connectivity index (χ4v) is 10.0. The van der Waals surface area contributed by atoms with Crippen LogP contribution in [0.5, 0.6) is 0 Å². The average molecular weight is 871 g/mol. The predicted molar refractivity (Wildman–Crippen MR) is 283 cm³/mol. The summed E-state index contributed by atoms with van der Waals surface area (Å²) in [5.41, 5.74) is 7.91. The van der Waals surface area contributed by atoms with Crippen LogP contribution in [0.4, 0.5) is 0 Å². The van der Waals surface area contributed by atoms with E-state index in [-0.39, 0.29) is 22.1 Å². The molecule has 4 nitrogen and oxygen atoms in total. The van der Waals surface area contributed by atoms with Crippen molar-refractivity contribution in [2.45, 2.75) is 59.3 Å². The molecule has 0 saturated carbocycles. The average Bonchev–Trinajstić information content (AvgIpc) is 3.32. The van der Waals surface area contributed by atoms with E-state index in [1.54, 1.807) is 6.92 Å². The van der Waals surface area contributed by atoms with Gasteiger partial charge in [0.05, 0.1) is 5.56 Å². The molecule has 0 N–H and O–H groups in total. The number of hydrogen-bond donors (Lipinski definition) is 0. The lowest BCUT2D eigenvalue weighted by Gasteiger charge is -2.20. The molecule has 0 bridgehead atoms. The van der Waals surface area contributed by atoms with Crippen molar-refractivity contribution < 1.29 is 8.83 Å². The summed E-state index contributed by atoms with van der Waals surface area (Å²) in [6.45, 7) is 15.1. The molecular formula is C63H50O4. The number of rotatable bonds is 2. The Balaban J connectivity index is 0.000000206. The number of fused-ring (bicyclic) bond motifs is 10. The number of benzene rings is 10. The van der Waals surface area contributed by atoms with Crippen LogP contribution in [0.25, 0.3) is 109 Å². The summed E-state index contributed by atoms with van der Waals surface area (Å²) < 4.78 is 11.5. The van der Waals surface area contributed by atoms with Crippen LogP contribution in [0, 0.1) is 6.92 Å². The van der Waals surface area contributed by atoms with Crippen LogP contribution in [0.2, 0.25) is 0 Å². The van der Waals surface area contributed by atoms with E-state index >= 15 is 0 Å². The van der Waals surface area contributed by atoms with Crippen molar-refractivity contribution in [2.75, 3.05) is 0 Å². The highest BCUT2D eigenvalue weighted by molar-refractivity contribution is 6.27. The third-order valence-corrected chi connectivity index (χ3v) is 13.6. The van der Waals surface area contributed by atoms with Crippen LogP contribution < -0.4 is 11.3 Å². The zero-order valence-electron chi connectivity index (χ0n) is 38.9. The molecule has 0 aliphatic carbocycles. The smallest absolute Gasteiger partial charge is 0.344 e. The van der Waals surface area contributed by atoms with Gasteiger partial charge in [0.15, 0.2) is 0 Å². The van der Waals surface area contributed by atoms with Crippen LogP contribution in [0.15, 0.2) is 194 Å². The van der Waals surface area contributed by atoms with Gasteiger partial charge in [-0.1, -0.05) is 187 Å². The first-order valence-electron chi connectivity index (χ1n) is 23.1. The van der Waals surface area contributed by atoms with Gasteiger partial charge in [-0.15, -0.1) is 0 Å². The molecule has 0 fully saturated rings. The molecule has 0 spiro atoms. The Hall–Kier alpha value is -7.82. The summed E-state index contributed by atoms with van der Waals surface area (Å²) in [5, 5.41) is 15.6. The maximum absolute atomic E-state index is 14.0. The van der Waals surface area contributed by atoms with Crippen LogP contribution >= 0.6 is 0 Å². The molecule has 0 unspecified atom stereocenters. The van der Waals surface area contributed by atoms with Gasteiger partial charge in [0, 0.05) is 21.9 Å². The van der Waals surface area contributed by atoms with Crippen LogP contribution in [-0.2, 0) is 10.8 Å². The number of hydrogen-bond acceptors (Lipinski definition) is 4. The summed E-state index contributed by atoms with van der Waals surface area (Å²) in [5.74, 6) is 0. The van der Waals surface area contributed by atoms with Gasteiger partial charge in [-0.25, -0.2) is 9.59 Å². The van der Waals surface area contributed by atoms with Gasteiger partial charge in [0.2, 0.25) is 0 Å². The Morgan fingerprint density at radius 3 is 1.19 bits per heavy atom. The maximum atomic E-state index is 14.0. The van der Waals surface area contributed by atoms with Crippen LogP contribution in [0.1, 0.15) is 58.2 Å². The van der Waals surface area contributed by atoms with E-state index in [4.69, 9.17) is 8.83 Å². The normalized spacial score (nSPS) is 12.2. The van der Waals surface area contributed by atoms with Gasteiger partial charge in [-0.3, -0.25) is 0 Å². The summed E-state index contributed by atoms with van der Waals surface area (Å²) in [4.78, 5) is 25.6. The monoisotopic (exact) mass is 870 g/mol. The predicted octanol–water partition coefficient (Wildman–Crippen LogP) is 16.7. The van der Waals surface area contributed by atoms with Crippen molar-refractivity contribution in [2.24, 2.45) is 0 Å². The first-order chi connectivity index (χ1) is 32.2. The Kier molecular flexibility index (Phi) is 9.79. The van der Waals surface area contributed by atoms with Crippen LogP contribution in [-0.4, -0.2) is 0 Å². The van der Waals surface area contributed by atoms with E-state index in [0.717, 1.165) is 54.0 Å². The Morgan fingerprint density at radius 2 is 0.716 bits per heavy atom. The third kappa shape index (κ3) is 7.16. The fourth-order valence-electron chi connectivity index (χ4n) is 10.0. The van der Waals surface area contributed by atoms with E-state index in [0.29, 0.717) is 22.3 Å². The minimum absolute atomic E-state index is 0.0343. The molecule has 4 heteroatoms. The molecule has 12 aromatic rings. The molecule has 0 saturated heterocycles. The largest absolute Gasteiger partial charge is 0.423 e. The lowest BCUT2D eigenvalue weighted by Crippen LogP contribution is -2.10. The van der Waals surface area contributed by atoms with Crippen molar-refractivity contribution in [1.29, 1.82) is 0 Å². The zero-order valence-corrected chi connectivity index (χ0v) is 38.9. The Morgan fingerprint density at radius 1 is 0.328 bits per heavy atom. The molecule has 0 atom stereocenters. The first kappa shape index (κ1) is 41.9. The van der Waals surface area contributed by atoms with E-state index in [9.17, 15) is 9.59 Å². The lowest BCUT2D eigenvalue weighted by atomic mass is 9.83. The second kappa shape index (κ2) is 15.7. The Bertz CT molecular complexity index is 4010. The minimum atomic E-state index is -0.332. The fraction of sp³-hybridized carbons (Fsp3) is 0.143. The number of aryl methyl sites for hydroxylation is 1. The standard InChI is InChI=1S/C45H32O2.C18H18O2/c1-45(2,3)30-21-22-31-29(25-30)20-23-40-38(31)26-39(44(46)47-40)41-34-16-8-10-18-36(34)43(37-19-11-9-17-35(37)41)42-32-14-6-4-12-27(32)24-28-13-5-7-15-33(28)42;1-11-9-15-14-7-6-13(18(2,3)4)10-12(14)5-8-16(15)20-17(11)19/h4-26H,1-3H3;5-10H,1-4H3. The van der Waals surface area contributed by atoms with Crippen molar-refractivity contribution in [1.82, 2.24) is 0 Å². The zero-order chi connectivity index (χ0) is 46.4. The molecule has 12 rings (SSSR count). The maximum Gasteiger partial charge on any atom is 0.344 e. The molecule has 10 aromatic carbocycles. The molecule has 0 aliphatic heterocycles. The minimum Gasteiger partial charge on any atom is -0.423 e. The van der Waals surface area contributed by atoms with Crippen molar-refractivity contribution in [3.05, 3.63) is 213 Å². The van der Waals surface area contributed by atoms with Gasteiger partial charge in [-0.2, -0.15) is 0 Å². The van der Waals surface area contributed by atoms with E-state index in [1.807, 2.05) is 24.3 Å². The second-order valence-corrected chi connectivity index (χ2v) is 20.0. The molecule has 2 heterocycles. The van der Waals surface area contributed by atoms with Gasteiger partial charge in [-0.05, 0) is 135 Å². The summed E-state index contributed by atoms with van der Waals surface area (Å²) in [6.07, 6.45) is 0. The summed E-state index contributed by atoms with van der Waals surface area (Å²) in [6, 6.07) is 61.6.